The summed E-state index contributed by atoms with van der Waals surface area (Å²) in [5, 5.41) is 5.30. The molecule has 0 radical (unpaired) electrons. The minimum absolute atomic E-state index is 0.0894. The van der Waals surface area contributed by atoms with Crippen molar-refractivity contribution in [2.75, 3.05) is 30.4 Å². The molecule has 1 fully saturated rings. The van der Waals surface area contributed by atoms with E-state index in [0.717, 1.165) is 33.8 Å². The molecule has 4 amide bonds. The number of imide groups is 1. The highest BCUT2D eigenvalue weighted by Gasteiger charge is 2.36. The maximum atomic E-state index is 13.0. The molecule has 0 aliphatic carbocycles. The predicted octanol–water partition coefficient (Wildman–Crippen LogP) is 4.56. The number of methoxy groups -OCH3 is 1. The highest BCUT2D eigenvalue weighted by Crippen LogP contribution is 2.42. The highest BCUT2D eigenvalue weighted by molar-refractivity contribution is 6.16. The van der Waals surface area contributed by atoms with Crippen LogP contribution in [0.15, 0.2) is 48.2 Å². The zero-order chi connectivity index (χ0) is 26.2. The molecule has 188 valence electrons. The van der Waals surface area contributed by atoms with Crippen LogP contribution in [0.4, 0.5) is 16.2 Å². The fourth-order valence-corrected chi connectivity index (χ4v) is 4.84. The van der Waals surface area contributed by atoms with Crippen LogP contribution in [0.5, 0.6) is 5.75 Å². The number of likely N-dealkylation sites (N-methyl/N-ethyl adjacent to an activating group) is 1. The maximum absolute atomic E-state index is 13.0. The van der Waals surface area contributed by atoms with E-state index >= 15 is 0 Å². The van der Waals surface area contributed by atoms with Crippen LogP contribution in [0.1, 0.15) is 44.4 Å². The van der Waals surface area contributed by atoms with Gasteiger partial charge in [0.25, 0.3) is 5.91 Å². The highest BCUT2D eigenvalue weighted by atomic mass is 16.5. The van der Waals surface area contributed by atoms with E-state index in [1.165, 1.54) is 0 Å². The van der Waals surface area contributed by atoms with Crippen LogP contribution >= 0.6 is 0 Å². The van der Waals surface area contributed by atoms with E-state index in [0.29, 0.717) is 17.0 Å². The molecule has 0 unspecified atom stereocenters. The van der Waals surface area contributed by atoms with E-state index in [9.17, 15) is 14.4 Å². The SMILES string of the molecule is CCN1c2cc(OC)c(/C=C3/NC(=O)N(CC(=O)Nc4ccc(C)cc4)C3=O)cc2C(C)=CC1(C)C. The van der Waals surface area contributed by atoms with Crippen molar-refractivity contribution in [2.45, 2.75) is 40.2 Å². The van der Waals surface area contributed by atoms with Gasteiger partial charge in [-0.25, -0.2) is 9.69 Å². The Bertz CT molecular complexity index is 1290. The van der Waals surface area contributed by atoms with Crippen LogP contribution in [0.3, 0.4) is 0 Å². The molecule has 2 aromatic rings. The number of nitrogens with zero attached hydrogens (tertiary/aromatic N) is 2. The molecular weight excluding hydrogens is 456 g/mol. The summed E-state index contributed by atoms with van der Waals surface area (Å²) in [6.45, 7) is 10.9. The first-order valence-corrected chi connectivity index (χ1v) is 11.9. The van der Waals surface area contributed by atoms with Crippen LogP contribution in [0, 0.1) is 6.92 Å². The lowest BCUT2D eigenvalue weighted by atomic mass is 9.87. The number of aryl methyl sites for hydroxylation is 1. The summed E-state index contributed by atoms with van der Waals surface area (Å²) in [7, 11) is 1.58. The van der Waals surface area contributed by atoms with E-state index in [1.54, 1.807) is 25.3 Å². The molecule has 0 atom stereocenters. The van der Waals surface area contributed by atoms with Crippen molar-refractivity contribution in [1.29, 1.82) is 0 Å². The Hall–Kier alpha value is -4.07. The maximum Gasteiger partial charge on any atom is 0.329 e. The minimum atomic E-state index is -0.641. The summed E-state index contributed by atoms with van der Waals surface area (Å²) >= 11 is 0. The van der Waals surface area contributed by atoms with E-state index in [-0.39, 0.29) is 17.8 Å². The largest absolute Gasteiger partial charge is 0.496 e. The molecule has 36 heavy (non-hydrogen) atoms. The first kappa shape index (κ1) is 25.0. The third-order valence-electron chi connectivity index (χ3n) is 6.54. The summed E-state index contributed by atoms with van der Waals surface area (Å²) in [6, 6.07) is 10.6. The smallest absolute Gasteiger partial charge is 0.329 e. The lowest BCUT2D eigenvalue weighted by molar-refractivity contribution is -0.127. The van der Waals surface area contributed by atoms with Gasteiger partial charge >= 0.3 is 6.03 Å². The molecule has 0 saturated carbocycles. The Morgan fingerprint density at radius 1 is 1.14 bits per heavy atom. The van der Waals surface area contributed by atoms with Gasteiger partial charge in [-0.1, -0.05) is 23.8 Å². The fourth-order valence-electron chi connectivity index (χ4n) is 4.84. The molecule has 4 rings (SSSR count). The first-order chi connectivity index (χ1) is 17.0. The quantitative estimate of drug-likeness (QED) is 0.460. The molecule has 2 aliphatic heterocycles. The number of benzene rings is 2. The van der Waals surface area contributed by atoms with Gasteiger partial charge in [0.1, 0.15) is 18.0 Å². The van der Waals surface area contributed by atoms with E-state index in [1.807, 2.05) is 31.2 Å². The average Bonchev–Trinajstić information content (AvgIpc) is 3.07. The first-order valence-electron chi connectivity index (χ1n) is 11.9. The van der Waals surface area contributed by atoms with Gasteiger partial charge in [-0.3, -0.25) is 9.59 Å². The number of hydrogen-bond donors (Lipinski definition) is 2. The molecule has 0 aromatic heterocycles. The van der Waals surface area contributed by atoms with Gasteiger partial charge in [0, 0.05) is 35.1 Å². The topological polar surface area (TPSA) is 91.0 Å². The minimum Gasteiger partial charge on any atom is -0.496 e. The zero-order valence-electron chi connectivity index (χ0n) is 21.6. The number of nitrogens with one attached hydrogen (secondary N) is 2. The van der Waals surface area contributed by atoms with E-state index in [4.69, 9.17) is 4.74 Å². The molecule has 8 nitrogen and oxygen atoms in total. The summed E-state index contributed by atoms with van der Waals surface area (Å²) in [4.78, 5) is 41.2. The van der Waals surface area contributed by atoms with Gasteiger partial charge < -0.3 is 20.3 Å². The van der Waals surface area contributed by atoms with Crippen LogP contribution in [-0.2, 0) is 9.59 Å². The molecule has 8 heteroatoms. The lowest BCUT2D eigenvalue weighted by Crippen LogP contribution is -2.44. The second kappa shape index (κ2) is 9.53. The average molecular weight is 489 g/mol. The monoisotopic (exact) mass is 488 g/mol. The van der Waals surface area contributed by atoms with Crippen molar-refractivity contribution in [3.05, 3.63) is 64.9 Å². The van der Waals surface area contributed by atoms with Crippen LogP contribution < -0.4 is 20.3 Å². The number of amides is 4. The van der Waals surface area contributed by atoms with Crippen molar-refractivity contribution in [3.63, 3.8) is 0 Å². The molecule has 0 bridgehead atoms. The Morgan fingerprint density at radius 3 is 2.47 bits per heavy atom. The summed E-state index contributed by atoms with van der Waals surface area (Å²) in [5.41, 5.74) is 5.48. The Labute approximate surface area is 211 Å². The number of carbonyl (C=O) groups excluding carboxylic acids is 3. The van der Waals surface area contributed by atoms with Crippen LogP contribution in [-0.4, -0.2) is 48.5 Å². The molecule has 2 aromatic carbocycles. The summed E-state index contributed by atoms with van der Waals surface area (Å²) < 4.78 is 5.65. The molecule has 2 aliphatic rings. The third kappa shape index (κ3) is 4.71. The van der Waals surface area contributed by atoms with Gasteiger partial charge in [0.05, 0.1) is 12.6 Å². The predicted molar refractivity (Wildman–Crippen MR) is 142 cm³/mol. The van der Waals surface area contributed by atoms with Gasteiger partial charge in [0.15, 0.2) is 0 Å². The summed E-state index contributed by atoms with van der Waals surface area (Å²) in [6.07, 6.45) is 3.82. The third-order valence-corrected chi connectivity index (χ3v) is 6.54. The van der Waals surface area contributed by atoms with Crippen LogP contribution in [0.2, 0.25) is 0 Å². The van der Waals surface area contributed by atoms with Gasteiger partial charge in [-0.05, 0) is 64.5 Å². The standard InChI is InChI=1S/C28H32N4O4/c1-7-32-23-14-24(36-6)19(12-21(23)18(3)15-28(32,4)5)13-22-26(34)31(27(35)30-22)16-25(33)29-20-10-8-17(2)9-11-20/h8-15H,7,16H2,1-6H3,(H,29,33)(H,30,35)/b22-13+. The molecule has 1 saturated heterocycles. The van der Waals surface area contributed by atoms with Gasteiger partial charge in [-0.15, -0.1) is 0 Å². The van der Waals surface area contributed by atoms with E-state index < -0.39 is 17.8 Å². The Kier molecular flexibility index (Phi) is 6.63. The van der Waals surface area contributed by atoms with Crippen LogP contribution in [0.25, 0.3) is 11.6 Å². The molecule has 0 spiro atoms. The molecular formula is C28H32N4O4. The fraction of sp³-hybridized carbons (Fsp3) is 0.321. The number of rotatable bonds is 6. The number of carbonyl (C=O) groups is 3. The number of anilines is 2. The number of hydrogen-bond acceptors (Lipinski definition) is 5. The summed E-state index contributed by atoms with van der Waals surface area (Å²) in [5.74, 6) is -0.441. The molecule has 2 N–H and O–H groups in total. The normalized spacial score (nSPS) is 17.6. The van der Waals surface area contributed by atoms with Crippen molar-refractivity contribution < 1.29 is 19.1 Å². The Balaban J connectivity index is 1.59. The number of urea groups is 1. The number of allylic oxidation sites excluding steroid dienone is 1. The molecule has 2 heterocycles. The van der Waals surface area contributed by atoms with Crippen molar-refractivity contribution in [1.82, 2.24) is 10.2 Å². The van der Waals surface area contributed by atoms with Crippen molar-refractivity contribution in [2.24, 2.45) is 0 Å². The van der Waals surface area contributed by atoms with Crippen molar-refractivity contribution >= 4 is 40.9 Å². The second-order valence-corrected chi connectivity index (χ2v) is 9.63. The van der Waals surface area contributed by atoms with E-state index in [2.05, 4.69) is 49.3 Å². The number of fused-ring (bicyclic) bond motifs is 1. The Morgan fingerprint density at radius 2 is 1.83 bits per heavy atom. The van der Waals surface area contributed by atoms with Gasteiger partial charge in [-0.2, -0.15) is 0 Å². The zero-order valence-corrected chi connectivity index (χ0v) is 21.6. The van der Waals surface area contributed by atoms with Gasteiger partial charge in [0.2, 0.25) is 5.91 Å². The van der Waals surface area contributed by atoms with Crippen molar-refractivity contribution in [3.8, 4) is 5.75 Å². The number of ether oxygens (including phenoxy) is 1. The lowest BCUT2D eigenvalue weighted by Gasteiger charge is -2.43. The second-order valence-electron chi connectivity index (χ2n) is 9.63.